The summed E-state index contributed by atoms with van der Waals surface area (Å²) in [6.45, 7) is 7.73. The van der Waals surface area contributed by atoms with Crippen LogP contribution in [-0.2, 0) is 14.3 Å². The second kappa shape index (κ2) is 8.17. The number of alkyl carbamates (subject to hydrolysis) is 1. The van der Waals surface area contributed by atoms with Gasteiger partial charge >= 0.3 is 12.1 Å². The van der Waals surface area contributed by atoms with Crippen LogP contribution in [-0.4, -0.2) is 52.2 Å². The average molecular weight is 328 g/mol. The molecule has 23 heavy (non-hydrogen) atoms. The first-order valence-corrected chi connectivity index (χ1v) is 8.16. The minimum atomic E-state index is -1.28. The van der Waals surface area contributed by atoms with Crippen LogP contribution >= 0.6 is 0 Å². The van der Waals surface area contributed by atoms with E-state index in [0.29, 0.717) is 6.54 Å². The molecule has 2 amide bonds. The van der Waals surface area contributed by atoms with Crippen LogP contribution in [0.15, 0.2) is 0 Å². The molecule has 1 aliphatic heterocycles. The molecule has 2 N–H and O–H groups in total. The fraction of sp³-hybridized carbons (Fsp3) is 0.812. The van der Waals surface area contributed by atoms with Gasteiger partial charge in [-0.1, -0.05) is 6.92 Å². The summed E-state index contributed by atoms with van der Waals surface area (Å²) in [4.78, 5) is 37.2. The van der Waals surface area contributed by atoms with E-state index in [9.17, 15) is 19.5 Å². The summed E-state index contributed by atoms with van der Waals surface area (Å²) in [5, 5.41) is 11.5. The quantitative estimate of drug-likeness (QED) is 0.806. The Labute approximate surface area is 137 Å². The zero-order valence-electron chi connectivity index (χ0n) is 14.4. The van der Waals surface area contributed by atoms with Crippen molar-refractivity contribution in [2.24, 2.45) is 0 Å². The van der Waals surface area contributed by atoms with Crippen LogP contribution in [0, 0.1) is 0 Å². The Hall–Kier alpha value is -1.79. The highest BCUT2D eigenvalue weighted by Gasteiger charge is 2.31. The SMILES string of the molecule is CC[C@H]1CCCCN1C(=O)C[C@H](NC(=O)OC(C)(C)C)C(=O)O. The van der Waals surface area contributed by atoms with Gasteiger partial charge in [0, 0.05) is 12.6 Å². The van der Waals surface area contributed by atoms with Gasteiger partial charge in [0.15, 0.2) is 0 Å². The zero-order valence-corrected chi connectivity index (χ0v) is 14.4. The predicted molar refractivity (Wildman–Crippen MR) is 85.1 cm³/mol. The minimum Gasteiger partial charge on any atom is -0.480 e. The Bertz CT molecular complexity index is 444. The van der Waals surface area contributed by atoms with E-state index >= 15 is 0 Å². The number of nitrogens with one attached hydrogen (secondary N) is 1. The van der Waals surface area contributed by atoms with Crippen molar-refractivity contribution in [3.63, 3.8) is 0 Å². The van der Waals surface area contributed by atoms with Gasteiger partial charge in [-0.05, 0) is 46.5 Å². The summed E-state index contributed by atoms with van der Waals surface area (Å²) >= 11 is 0. The molecule has 0 aromatic carbocycles. The molecule has 2 atom stereocenters. The predicted octanol–water partition coefficient (Wildman–Crippen LogP) is 2.15. The molecule has 1 rings (SSSR count). The van der Waals surface area contributed by atoms with E-state index in [1.54, 1.807) is 25.7 Å². The van der Waals surface area contributed by atoms with Gasteiger partial charge in [-0.3, -0.25) is 4.79 Å². The number of hydrogen-bond acceptors (Lipinski definition) is 4. The summed E-state index contributed by atoms with van der Waals surface area (Å²) in [6.07, 6.45) is 2.72. The maximum Gasteiger partial charge on any atom is 0.408 e. The van der Waals surface area contributed by atoms with Crippen LogP contribution in [0.3, 0.4) is 0 Å². The number of carbonyl (C=O) groups excluding carboxylic acids is 2. The Morgan fingerprint density at radius 1 is 1.30 bits per heavy atom. The van der Waals surface area contributed by atoms with E-state index < -0.39 is 23.7 Å². The van der Waals surface area contributed by atoms with Crippen LogP contribution in [0.25, 0.3) is 0 Å². The Morgan fingerprint density at radius 2 is 1.96 bits per heavy atom. The summed E-state index contributed by atoms with van der Waals surface area (Å²) in [5.74, 6) is -1.48. The van der Waals surface area contributed by atoms with Crippen molar-refractivity contribution in [1.82, 2.24) is 10.2 Å². The molecule has 7 heteroatoms. The number of nitrogens with zero attached hydrogens (tertiary/aromatic N) is 1. The van der Waals surface area contributed by atoms with Gasteiger partial charge in [0.25, 0.3) is 0 Å². The van der Waals surface area contributed by atoms with E-state index in [4.69, 9.17) is 4.74 Å². The maximum absolute atomic E-state index is 12.4. The van der Waals surface area contributed by atoms with Crippen molar-refractivity contribution in [3.05, 3.63) is 0 Å². The van der Waals surface area contributed by atoms with Gasteiger partial charge in [-0.25, -0.2) is 9.59 Å². The molecule has 0 aromatic heterocycles. The molecule has 0 unspecified atom stereocenters. The number of rotatable bonds is 5. The molecule has 0 aliphatic carbocycles. The van der Waals surface area contributed by atoms with Crippen molar-refractivity contribution >= 4 is 18.0 Å². The van der Waals surface area contributed by atoms with E-state index in [2.05, 4.69) is 5.32 Å². The van der Waals surface area contributed by atoms with Crippen molar-refractivity contribution in [3.8, 4) is 0 Å². The van der Waals surface area contributed by atoms with E-state index in [0.717, 1.165) is 25.7 Å². The molecular formula is C16H28N2O5. The lowest BCUT2D eigenvalue weighted by Crippen LogP contribution is -2.49. The summed E-state index contributed by atoms with van der Waals surface area (Å²) in [5.41, 5.74) is -0.725. The van der Waals surface area contributed by atoms with Crippen LogP contribution in [0.4, 0.5) is 4.79 Å². The second-order valence-electron chi connectivity index (χ2n) is 6.89. The third-order valence-electron chi connectivity index (χ3n) is 3.79. The number of hydrogen-bond donors (Lipinski definition) is 2. The van der Waals surface area contributed by atoms with Crippen molar-refractivity contribution in [2.75, 3.05) is 6.54 Å². The highest BCUT2D eigenvalue weighted by atomic mass is 16.6. The van der Waals surface area contributed by atoms with Gasteiger partial charge in [0.05, 0.1) is 6.42 Å². The van der Waals surface area contributed by atoms with Gasteiger partial charge in [0.2, 0.25) is 5.91 Å². The minimum absolute atomic E-state index is 0.159. The van der Waals surface area contributed by atoms with Crippen molar-refractivity contribution in [2.45, 2.75) is 77.5 Å². The van der Waals surface area contributed by atoms with E-state index in [-0.39, 0.29) is 18.4 Å². The molecule has 0 spiro atoms. The van der Waals surface area contributed by atoms with Crippen molar-refractivity contribution < 1.29 is 24.2 Å². The number of piperidine rings is 1. The first-order chi connectivity index (χ1) is 10.6. The van der Waals surface area contributed by atoms with E-state index in [1.165, 1.54) is 0 Å². The standard InChI is InChI=1S/C16H28N2O5/c1-5-11-8-6-7-9-18(11)13(19)10-12(14(20)21)17-15(22)23-16(2,3)4/h11-12H,5-10H2,1-4H3,(H,17,22)(H,20,21)/t11-,12-/m0/s1. The number of amides is 2. The summed E-state index contributed by atoms with van der Waals surface area (Å²) in [7, 11) is 0. The smallest absolute Gasteiger partial charge is 0.408 e. The third kappa shape index (κ3) is 6.46. The molecule has 1 saturated heterocycles. The summed E-state index contributed by atoms with van der Waals surface area (Å²) < 4.78 is 5.05. The largest absolute Gasteiger partial charge is 0.480 e. The molecule has 1 fully saturated rings. The normalized spacial score (nSPS) is 19.8. The topological polar surface area (TPSA) is 95.9 Å². The number of carboxylic acid groups (broad SMARTS) is 1. The highest BCUT2D eigenvalue weighted by molar-refractivity contribution is 5.87. The lowest BCUT2D eigenvalue weighted by atomic mass is 9.99. The number of carbonyl (C=O) groups is 3. The zero-order chi connectivity index (χ0) is 17.6. The van der Waals surface area contributed by atoms with Crippen LogP contribution < -0.4 is 5.32 Å². The summed E-state index contributed by atoms with van der Waals surface area (Å²) in [6, 6.07) is -1.12. The molecular weight excluding hydrogens is 300 g/mol. The maximum atomic E-state index is 12.4. The van der Waals surface area contributed by atoms with Crippen LogP contribution in [0.1, 0.15) is 59.8 Å². The number of likely N-dealkylation sites (tertiary alicyclic amines) is 1. The average Bonchev–Trinajstić information content (AvgIpc) is 2.44. The Kier molecular flexibility index (Phi) is 6.84. The lowest BCUT2D eigenvalue weighted by molar-refractivity contribution is -0.144. The number of aliphatic carboxylic acids is 1. The first-order valence-electron chi connectivity index (χ1n) is 8.16. The Balaban J connectivity index is 2.66. The van der Waals surface area contributed by atoms with E-state index in [1.807, 2.05) is 6.92 Å². The van der Waals surface area contributed by atoms with Gasteiger partial charge in [-0.15, -0.1) is 0 Å². The lowest BCUT2D eigenvalue weighted by Gasteiger charge is -2.36. The molecule has 132 valence electrons. The molecule has 7 nitrogen and oxygen atoms in total. The number of ether oxygens (including phenoxy) is 1. The fourth-order valence-electron chi connectivity index (χ4n) is 2.70. The highest BCUT2D eigenvalue weighted by Crippen LogP contribution is 2.20. The first kappa shape index (κ1) is 19.3. The van der Waals surface area contributed by atoms with Gasteiger partial charge in [0.1, 0.15) is 11.6 Å². The molecule has 0 bridgehead atoms. The monoisotopic (exact) mass is 328 g/mol. The van der Waals surface area contributed by atoms with Crippen LogP contribution in [0.5, 0.6) is 0 Å². The molecule has 0 aromatic rings. The molecule has 0 saturated carbocycles. The molecule has 0 radical (unpaired) electrons. The van der Waals surface area contributed by atoms with Gasteiger partial charge < -0.3 is 20.1 Å². The fourth-order valence-corrected chi connectivity index (χ4v) is 2.70. The second-order valence-corrected chi connectivity index (χ2v) is 6.89. The van der Waals surface area contributed by atoms with Crippen LogP contribution in [0.2, 0.25) is 0 Å². The third-order valence-corrected chi connectivity index (χ3v) is 3.79. The van der Waals surface area contributed by atoms with Crippen molar-refractivity contribution in [1.29, 1.82) is 0 Å². The Morgan fingerprint density at radius 3 is 2.48 bits per heavy atom. The van der Waals surface area contributed by atoms with Gasteiger partial charge in [-0.2, -0.15) is 0 Å². The number of carboxylic acids is 1. The molecule has 1 aliphatic rings. The molecule has 1 heterocycles.